The molecule has 0 radical (unpaired) electrons. The highest BCUT2D eigenvalue weighted by Crippen LogP contribution is 2.11. The normalized spacial score (nSPS) is 10.2. The molecular formula is C12H11FN2OS. The highest BCUT2D eigenvalue weighted by molar-refractivity contribution is 7.09. The molecule has 2 aromatic rings. The van der Waals surface area contributed by atoms with E-state index in [-0.39, 0.29) is 11.7 Å². The van der Waals surface area contributed by atoms with Crippen LogP contribution in [-0.2, 0) is 6.54 Å². The van der Waals surface area contributed by atoms with Crippen LogP contribution in [0.25, 0.3) is 0 Å². The van der Waals surface area contributed by atoms with Crippen LogP contribution in [0.15, 0.2) is 29.8 Å². The second-order valence-electron chi connectivity index (χ2n) is 3.55. The fourth-order valence-electron chi connectivity index (χ4n) is 1.36. The number of carbonyl (C=O) groups is 1. The molecule has 0 aliphatic heterocycles. The lowest BCUT2D eigenvalue weighted by atomic mass is 10.2. The van der Waals surface area contributed by atoms with Gasteiger partial charge in [0.25, 0.3) is 5.91 Å². The van der Waals surface area contributed by atoms with Crippen LogP contribution in [0, 0.1) is 12.7 Å². The summed E-state index contributed by atoms with van der Waals surface area (Å²) in [6.07, 6.45) is 0. The SMILES string of the molecule is Cc1ncsc1CNC(=O)c1ccc(F)cc1. The van der Waals surface area contributed by atoms with E-state index >= 15 is 0 Å². The Morgan fingerprint density at radius 1 is 1.41 bits per heavy atom. The lowest BCUT2D eigenvalue weighted by Gasteiger charge is -2.04. The third kappa shape index (κ3) is 2.88. The van der Waals surface area contributed by atoms with Crippen molar-refractivity contribution in [2.24, 2.45) is 0 Å². The first-order valence-corrected chi connectivity index (χ1v) is 5.97. The molecule has 0 aliphatic rings. The van der Waals surface area contributed by atoms with Gasteiger partial charge in [-0.1, -0.05) is 0 Å². The molecular weight excluding hydrogens is 239 g/mol. The van der Waals surface area contributed by atoms with Crippen molar-refractivity contribution in [3.8, 4) is 0 Å². The van der Waals surface area contributed by atoms with Gasteiger partial charge in [-0.05, 0) is 31.2 Å². The molecule has 2 rings (SSSR count). The van der Waals surface area contributed by atoms with Crippen molar-refractivity contribution in [1.29, 1.82) is 0 Å². The van der Waals surface area contributed by atoms with Crippen molar-refractivity contribution in [3.63, 3.8) is 0 Å². The van der Waals surface area contributed by atoms with Gasteiger partial charge in [-0.2, -0.15) is 0 Å². The minimum Gasteiger partial charge on any atom is -0.347 e. The van der Waals surface area contributed by atoms with Gasteiger partial charge in [0.15, 0.2) is 0 Å². The minimum atomic E-state index is -0.347. The lowest BCUT2D eigenvalue weighted by molar-refractivity contribution is 0.0951. The highest BCUT2D eigenvalue weighted by atomic mass is 32.1. The molecule has 1 aromatic heterocycles. The molecule has 5 heteroatoms. The summed E-state index contributed by atoms with van der Waals surface area (Å²) in [5.74, 6) is -0.558. The standard InChI is InChI=1S/C12H11FN2OS/c1-8-11(17-7-15-8)6-14-12(16)9-2-4-10(13)5-3-9/h2-5,7H,6H2,1H3,(H,14,16). The summed E-state index contributed by atoms with van der Waals surface area (Å²) in [6.45, 7) is 2.35. The van der Waals surface area contributed by atoms with Gasteiger partial charge in [0, 0.05) is 10.4 Å². The number of aryl methyl sites for hydroxylation is 1. The molecule has 1 N–H and O–H groups in total. The molecule has 1 heterocycles. The Morgan fingerprint density at radius 2 is 2.12 bits per heavy atom. The van der Waals surface area contributed by atoms with Crippen molar-refractivity contribution in [2.45, 2.75) is 13.5 Å². The quantitative estimate of drug-likeness (QED) is 0.909. The van der Waals surface area contributed by atoms with Crippen molar-refractivity contribution in [1.82, 2.24) is 10.3 Å². The molecule has 88 valence electrons. The predicted molar refractivity (Wildman–Crippen MR) is 64.4 cm³/mol. The molecule has 0 unspecified atom stereocenters. The third-order valence-electron chi connectivity index (χ3n) is 2.36. The zero-order chi connectivity index (χ0) is 12.3. The number of amides is 1. The molecule has 0 bridgehead atoms. The Labute approximate surface area is 102 Å². The Bertz CT molecular complexity index is 522. The van der Waals surface area contributed by atoms with Gasteiger partial charge < -0.3 is 5.32 Å². The molecule has 1 aromatic carbocycles. The van der Waals surface area contributed by atoms with Gasteiger partial charge in [-0.25, -0.2) is 9.37 Å². The highest BCUT2D eigenvalue weighted by Gasteiger charge is 2.07. The number of aromatic nitrogens is 1. The van der Waals surface area contributed by atoms with Gasteiger partial charge >= 0.3 is 0 Å². The number of halogens is 1. The summed E-state index contributed by atoms with van der Waals surface area (Å²) in [4.78, 5) is 16.8. The first-order valence-electron chi connectivity index (χ1n) is 5.09. The smallest absolute Gasteiger partial charge is 0.251 e. The number of benzene rings is 1. The van der Waals surface area contributed by atoms with Crippen LogP contribution < -0.4 is 5.32 Å². The molecule has 0 saturated heterocycles. The van der Waals surface area contributed by atoms with E-state index in [1.165, 1.54) is 35.6 Å². The van der Waals surface area contributed by atoms with Gasteiger partial charge in [-0.15, -0.1) is 11.3 Å². The molecule has 0 atom stereocenters. The maximum Gasteiger partial charge on any atom is 0.251 e. The molecule has 0 saturated carbocycles. The van der Waals surface area contributed by atoms with Crippen molar-refractivity contribution in [2.75, 3.05) is 0 Å². The van der Waals surface area contributed by atoms with E-state index in [0.717, 1.165) is 10.6 Å². The summed E-state index contributed by atoms with van der Waals surface area (Å²) in [5.41, 5.74) is 3.12. The average Bonchev–Trinajstić information content (AvgIpc) is 2.73. The van der Waals surface area contributed by atoms with Crippen LogP contribution in [0.3, 0.4) is 0 Å². The number of rotatable bonds is 3. The molecule has 1 amide bonds. The second kappa shape index (κ2) is 5.05. The zero-order valence-electron chi connectivity index (χ0n) is 9.24. The van der Waals surface area contributed by atoms with Crippen LogP contribution in [0.5, 0.6) is 0 Å². The van der Waals surface area contributed by atoms with Gasteiger partial charge in [0.05, 0.1) is 17.7 Å². The first kappa shape index (κ1) is 11.7. The average molecular weight is 250 g/mol. The van der Waals surface area contributed by atoms with E-state index in [4.69, 9.17) is 0 Å². The predicted octanol–water partition coefficient (Wildman–Crippen LogP) is 2.52. The monoisotopic (exact) mass is 250 g/mol. The molecule has 0 fully saturated rings. The maximum absolute atomic E-state index is 12.7. The number of hydrogen-bond acceptors (Lipinski definition) is 3. The molecule has 0 spiro atoms. The van der Waals surface area contributed by atoms with E-state index in [0.29, 0.717) is 12.1 Å². The zero-order valence-corrected chi connectivity index (χ0v) is 10.1. The lowest BCUT2D eigenvalue weighted by Crippen LogP contribution is -2.22. The summed E-state index contributed by atoms with van der Waals surface area (Å²) < 4.78 is 12.7. The van der Waals surface area contributed by atoms with E-state index in [1.807, 2.05) is 6.92 Å². The fraction of sp³-hybridized carbons (Fsp3) is 0.167. The van der Waals surface area contributed by atoms with Crippen LogP contribution in [-0.4, -0.2) is 10.9 Å². The summed E-state index contributed by atoms with van der Waals surface area (Å²) in [6, 6.07) is 5.47. The van der Waals surface area contributed by atoms with Crippen LogP contribution in [0.1, 0.15) is 20.9 Å². The Kier molecular flexibility index (Phi) is 3.49. The van der Waals surface area contributed by atoms with E-state index in [1.54, 1.807) is 5.51 Å². The van der Waals surface area contributed by atoms with E-state index in [2.05, 4.69) is 10.3 Å². The number of nitrogens with one attached hydrogen (secondary N) is 1. The van der Waals surface area contributed by atoms with Gasteiger partial charge in [0.1, 0.15) is 5.82 Å². The van der Waals surface area contributed by atoms with E-state index < -0.39 is 0 Å². The summed E-state index contributed by atoms with van der Waals surface area (Å²) >= 11 is 1.50. The summed E-state index contributed by atoms with van der Waals surface area (Å²) in [7, 11) is 0. The number of thiazole rings is 1. The van der Waals surface area contributed by atoms with Crippen molar-refractivity contribution in [3.05, 3.63) is 51.7 Å². The Hall–Kier alpha value is -1.75. The maximum atomic E-state index is 12.7. The van der Waals surface area contributed by atoms with Crippen LogP contribution in [0.4, 0.5) is 4.39 Å². The number of carbonyl (C=O) groups excluding carboxylic acids is 1. The molecule has 17 heavy (non-hydrogen) atoms. The number of hydrogen-bond donors (Lipinski definition) is 1. The largest absolute Gasteiger partial charge is 0.347 e. The van der Waals surface area contributed by atoms with Crippen LogP contribution >= 0.6 is 11.3 Å². The van der Waals surface area contributed by atoms with Crippen molar-refractivity contribution >= 4 is 17.2 Å². The third-order valence-corrected chi connectivity index (χ3v) is 3.30. The van der Waals surface area contributed by atoms with Gasteiger partial charge in [0.2, 0.25) is 0 Å². The topological polar surface area (TPSA) is 42.0 Å². The first-order chi connectivity index (χ1) is 8.16. The molecule has 0 aliphatic carbocycles. The number of nitrogens with zero attached hydrogens (tertiary/aromatic N) is 1. The van der Waals surface area contributed by atoms with Crippen LogP contribution in [0.2, 0.25) is 0 Å². The fourth-order valence-corrected chi connectivity index (χ4v) is 2.08. The Morgan fingerprint density at radius 3 is 2.71 bits per heavy atom. The second-order valence-corrected chi connectivity index (χ2v) is 4.49. The minimum absolute atomic E-state index is 0.210. The van der Waals surface area contributed by atoms with Crippen molar-refractivity contribution < 1.29 is 9.18 Å². The Balaban J connectivity index is 1.98. The summed E-state index contributed by atoms with van der Waals surface area (Å²) in [5, 5.41) is 2.77. The molecule has 3 nitrogen and oxygen atoms in total. The van der Waals surface area contributed by atoms with Gasteiger partial charge in [-0.3, -0.25) is 4.79 Å². The van der Waals surface area contributed by atoms with E-state index in [9.17, 15) is 9.18 Å².